The van der Waals surface area contributed by atoms with E-state index in [4.69, 9.17) is 5.73 Å². The van der Waals surface area contributed by atoms with Crippen molar-refractivity contribution < 1.29 is 4.79 Å². The Hall–Kier alpha value is -1.62. The number of carbonyl (C=O) groups excluding carboxylic acids is 1. The molecule has 5 heteroatoms. The summed E-state index contributed by atoms with van der Waals surface area (Å²) in [6, 6.07) is 1.90. The van der Waals surface area contributed by atoms with Gasteiger partial charge in [0.25, 0.3) is 5.91 Å². The monoisotopic (exact) mass is 262 g/mol. The molecule has 0 aliphatic carbocycles. The molecule has 0 atom stereocenters. The van der Waals surface area contributed by atoms with Crippen LogP contribution in [0.4, 0.5) is 5.69 Å². The standard InChI is InChI=1S/C14H22N4O/c1-9-8-11(12(13(15)19)10(2)17-9)18-14(3)4-6-16-7-5-14/h8,16H,4-7H2,1-3H3,(H2,15,19)(H,17,18). The molecule has 2 heterocycles. The molecule has 0 radical (unpaired) electrons. The van der Waals surface area contributed by atoms with E-state index in [9.17, 15) is 4.79 Å². The molecule has 1 aromatic heterocycles. The summed E-state index contributed by atoms with van der Waals surface area (Å²) in [5.74, 6) is -0.426. The van der Waals surface area contributed by atoms with Gasteiger partial charge in [-0.3, -0.25) is 9.78 Å². The largest absolute Gasteiger partial charge is 0.379 e. The second-order valence-electron chi connectivity index (χ2n) is 5.57. The highest BCUT2D eigenvalue weighted by molar-refractivity contribution is 5.99. The number of hydrogen-bond donors (Lipinski definition) is 3. The third-order valence-corrected chi connectivity index (χ3v) is 3.72. The SMILES string of the molecule is Cc1cc(NC2(C)CCNCC2)c(C(N)=O)c(C)n1. The molecule has 104 valence electrons. The molecule has 0 unspecified atom stereocenters. The van der Waals surface area contributed by atoms with Crippen molar-refractivity contribution in [3.05, 3.63) is 23.0 Å². The summed E-state index contributed by atoms with van der Waals surface area (Å²) < 4.78 is 0. The van der Waals surface area contributed by atoms with Crippen molar-refractivity contribution in [1.82, 2.24) is 10.3 Å². The van der Waals surface area contributed by atoms with E-state index < -0.39 is 5.91 Å². The number of piperidine rings is 1. The van der Waals surface area contributed by atoms with Gasteiger partial charge in [0.15, 0.2) is 0 Å². The Balaban J connectivity index is 2.35. The Morgan fingerprint density at radius 3 is 2.63 bits per heavy atom. The number of carbonyl (C=O) groups is 1. The minimum Gasteiger partial charge on any atom is -0.379 e. The fraction of sp³-hybridized carbons (Fsp3) is 0.571. The normalized spacial score (nSPS) is 18.1. The van der Waals surface area contributed by atoms with E-state index in [1.807, 2.05) is 19.9 Å². The lowest BCUT2D eigenvalue weighted by Crippen LogP contribution is -2.45. The molecule has 0 aromatic carbocycles. The van der Waals surface area contributed by atoms with Crippen LogP contribution in [0.5, 0.6) is 0 Å². The van der Waals surface area contributed by atoms with Gasteiger partial charge in [0, 0.05) is 11.2 Å². The third kappa shape index (κ3) is 3.04. The van der Waals surface area contributed by atoms with E-state index in [0.717, 1.165) is 37.3 Å². The molecule has 1 aliphatic rings. The summed E-state index contributed by atoms with van der Waals surface area (Å²) in [4.78, 5) is 15.9. The van der Waals surface area contributed by atoms with E-state index in [1.54, 1.807) is 0 Å². The number of pyridine rings is 1. The Morgan fingerprint density at radius 1 is 1.42 bits per heavy atom. The number of primary amides is 1. The zero-order valence-corrected chi connectivity index (χ0v) is 11.8. The summed E-state index contributed by atoms with van der Waals surface area (Å²) >= 11 is 0. The number of aromatic nitrogens is 1. The third-order valence-electron chi connectivity index (χ3n) is 3.72. The molecule has 4 N–H and O–H groups in total. The smallest absolute Gasteiger partial charge is 0.252 e. The van der Waals surface area contributed by atoms with Crippen molar-refractivity contribution in [2.24, 2.45) is 5.73 Å². The molecule has 19 heavy (non-hydrogen) atoms. The lowest BCUT2D eigenvalue weighted by Gasteiger charge is -2.36. The number of hydrogen-bond acceptors (Lipinski definition) is 4. The Labute approximate surface area is 114 Å². The van der Waals surface area contributed by atoms with E-state index in [1.165, 1.54) is 0 Å². The maximum atomic E-state index is 11.6. The van der Waals surface area contributed by atoms with Crippen LogP contribution in [0.2, 0.25) is 0 Å². The first-order valence-electron chi connectivity index (χ1n) is 6.68. The van der Waals surface area contributed by atoms with Crippen molar-refractivity contribution in [2.75, 3.05) is 18.4 Å². The Kier molecular flexibility index (Phi) is 3.75. The fourth-order valence-electron chi connectivity index (χ4n) is 2.67. The minimum absolute atomic E-state index is 0.00428. The van der Waals surface area contributed by atoms with Crippen molar-refractivity contribution in [1.29, 1.82) is 0 Å². The van der Waals surface area contributed by atoms with Gasteiger partial charge < -0.3 is 16.4 Å². The quantitative estimate of drug-likeness (QED) is 0.768. The average molecular weight is 262 g/mol. The first-order valence-corrected chi connectivity index (χ1v) is 6.68. The topological polar surface area (TPSA) is 80.0 Å². The number of nitrogens with zero attached hydrogens (tertiary/aromatic N) is 1. The van der Waals surface area contributed by atoms with Crippen molar-refractivity contribution in [3.8, 4) is 0 Å². The first kappa shape index (κ1) is 13.8. The second kappa shape index (κ2) is 5.17. The van der Waals surface area contributed by atoms with E-state index in [-0.39, 0.29) is 5.54 Å². The molecule has 5 nitrogen and oxygen atoms in total. The first-order chi connectivity index (χ1) is 8.91. The number of anilines is 1. The Bertz CT molecular complexity index is 492. The molecular weight excluding hydrogens is 240 g/mol. The van der Waals surface area contributed by atoms with E-state index in [2.05, 4.69) is 22.5 Å². The second-order valence-corrected chi connectivity index (χ2v) is 5.57. The van der Waals surface area contributed by atoms with Gasteiger partial charge in [-0.1, -0.05) is 0 Å². The van der Waals surface area contributed by atoms with Crippen LogP contribution in [0.3, 0.4) is 0 Å². The zero-order valence-electron chi connectivity index (χ0n) is 11.8. The molecule has 0 spiro atoms. The molecule has 1 aliphatic heterocycles. The van der Waals surface area contributed by atoms with Gasteiger partial charge in [0.1, 0.15) is 0 Å². The van der Waals surface area contributed by atoms with E-state index in [0.29, 0.717) is 11.3 Å². The lowest BCUT2D eigenvalue weighted by atomic mass is 9.90. The summed E-state index contributed by atoms with van der Waals surface area (Å²) in [7, 11) is 0. The van der Waals surface area contributed by atoms with Crippen LogP contribution >= 0.6 is 0 Å². The summed E-state index contributed by atoms with van der Waals surface area (Å²) in [6.07, 6.45) is 2.04. The van der Waals surface area contributed by atoms with Gasteiger partial charge in [-0.05, 0) is 52.8 Å². The fourth-order valence-corrected chi connectivity index (χ4v) is 2.67. The molecule has 1 amide bonds. The van der Waals surface area contributed by atoms with Gasteiger partial charge >= 0.3 is 0 Å². The maximum absolute atomic E-state index is 11.6. The van der Waals surface area contributed by atoms with Crippen LogP contribution in [0.15, 0.2) is 6.07 Å². The van der Waals surface area contributed by atoms with Crippen molar-refractivity contribution in [3.63, 3.8) is 0 Å². The predicted octanol–water partition coefficient (Wildman–Crippen LogP) is 1.35. The number of rotatable bonds is 3. The molecule has 1 aromatic rings. The van der Waals surface area contributed by atoms with Crippen molar-refractivity contribution >= 4 is 11.6 Å². The summed E-state index contributed by atoms with van der Waals surface area (Å²) in [5.41, 5.74) is 8.37. The van der Waals surface area contributed by atoms with Crippen LogP contribution in [-0.4, -0.2) is 29.5 Å². The number of aryl methyl sites for hydroxylation is 2. The average Bonchev–Trinajstić information content (AvgIpc) is 2.27. The number of amides is 1. The van der Waals surface area contributed by atoms with Crippen molar-refractivity contribution in [2.45, 2.75) is 39.2 Å². The molecule has 2 rings (SSSR count). The van der Waals surface area contributed by atoms with Crippen LogP contribution in [0.1, 0.15) is 41.5 Å². The van der Waals surface area contributed by atoms with Crippen LogP contribution in [-0.2, 0) is 0 Å². The van der Waals surface area contributed by atoms with Gasteiger partial charge in [-0.2, -0.15) is 0 Å². The zero-order chi connectivity index (χ0) is 14.0. The molecular formula is C14H22N4O. The van der Waals surface area contributed by atoms with Gasteiger partial charge in [-0.15, -0.1) is 0 Å². The van der Waals surface area contributed by atoms with Crippen LogP contribution in [0, 0.1) is 13.8 Å². The minimum atomic E-state index is -0.426. The molecule has 1 saturated heterocycles. The molecule has 0 bridgehead atoms. The van der Waals surface area contributed by atoms with Gasteiger partial charge in [0.05, 0.1) is 16.9 Å². The van der Waals surface area contributed by atoms with Gasteiger partial charge in [0.2, 0.25) is 0 Å². The molecule has 1 fully saturated rings. The molecule has 0 saturated carbocycles. The van der Waals surface area contributed by atoms with Crippen LogP contribution < -0.4 is 16.4 Å². The lowest BCUT2D eigenvalue weighted by molar-refractivity contribution is 0.1000. The highest BCUT2D eigenvalue weighted by atomic mass is 16.1. The maximum Gasteiger partial charge on any atom is 0.252 e. The van der Waals surface area contributed by atoms with Gasteiger partial charge in [-0.25, -0.2) is 0 Å². The summed E-state index contributed by atoms with van der Waals surface area (Å²) in [5, 5.41) is 6.85. The van der Waals surface area contributed by atoms with E-state index >= 15 is 0 Å². The Morgan fingerprint density at radius 2 is 2.05 bits per heavy atom. The van der Waals surface area contributed by atoms with Crippen LogP contribution in [0.25, 0.3) is 0 Å². The highest BCUT2D eigenvalue weighted by Crippen LogP contribution is 2.27. The summed E-state index contributed by atoms with van der Waals surface area (Å²) in [6.45, 7) is 7.90. The number of nitrogens with one attached hydrogen (secondary N) is 2. The predicted molar refractivity (Wildman–Crippen MR) is 76.4 cm³/mol. The number of nitrogens with two attached hydrogens (primary N) is 1. The highest BCUT2D eigenvalue weighted by Gasteiger charge is 2.28.